The van der Waals surface area contributed by atoms with E-state index in [2.05, 4.69) is 5.32 Å². The van der Waals surface area contributed by atoms with Crippen molar-refractivity contribution in [3.8, 4) is 0 Å². The fraction of sp³-hybridized carbons (Fsp3) is 0.625. The normalized spacial score (nSPS) is 18.5. The van der Waals surface area contributed by atoms with E-state index in [4.69, 9.17) is 9.15 Å². The molecular formula is C16H24N2O4. The fourth-order valence-corrected chi connectivity index (χ4v) is 2.49. The van der Waals surface area contributed by atoms with E-state index in [0.717, 1.165) is 12.8 Å². The Hall–Kier alpha value is -1.82. The third kappa shape index (κ3) is 4.59. The highest BCUT2D eigenvalue weighted by Gasteiger charge is 2.31. The zero-order valence-electron chi connectivity index (χ0n) is 13.4. The molecule has 1 aliphatic rings. The zero-order chi connectivity index (χ0) is 16.2. The molecule has 1 aliphatic heterocycles. The molecule has 1 aromatic heterocycles. The molecule has 1 amide bonds. The van der Waals surface area contributed by atoms with Gasteiger partial charge in [0.1, 0.15) is 5.60 Å². The predicted octanol–water partition coefficient (Wildman–Crippen LogP) is 2.45. The Bertz CT molecular complexity index is 505. The van der Waals surface area contributed by atoms with E-state index >= 15 is 0 Å². The average Bonchev–Trinajstić information content (AvgIpc) is 3.08. The second-order valence-electron chi connectivity index (χ2n) is 6.50. The Balaban J connectivity index is 1.79. The lowest BCUT2D eigenvalue weighted by atomic mass is 10.2. The van der Waals surface area contributed by atoms with Gasteiger partial charge in [-0.25, -0.2) is 4.79 Å². The second kappa shape index (κ2) is 6.96. The Morgan fingerprint density at radius 1 is 1.45 bits per heavy atom. The van der Waals surface area contributed by atoms with Crippen molar-refractivity contribution in [2.24, 2.45) is 0 Å². The van der Waals surface area contributed by atoms with Crippen molar-refractivity contribution in [3.63, 3.8) is 0 Å². The first kappa shape index (κ1) is 16.5. The molecule has 6 nitrogen and oxygen atoms in total. The highest BCUT2D eigenvalue weighted by Crippen LogP contribution is 2.20. The van der Waals surface area contributed by atoms with Crippen LogP contribution in [0.4, 0.5) is 4.79 Å². The van der Waals surface area contributed by atoms with Crippen LogP contribution < -0.4 is 5.32 Å². The van der Waals surface area contributed by atoms with Crippen LogP contribution in [0.2, 0.25) is 0 Å². The number of likely N-dealkylation sites (tertiary alicyclic amines) is 1. The fourth-order valence-electron chi connectivity index (χ4n) is 2.49. The Morgan fingerprint density at radius 3 is 2.86 bits per heavy atom. The molecule has 2 heterocycles. The SMILES string of the molecule is CC(C)(C)OC(=O)N1CCC[C@H]1CNCC(=O)c1ccco1. The molecule has 1 saturated heterocycles. The van der Waals surface area contributed by atoms with E-state index < -0.39 is 5.60 Å². The number of rotatable bonds is 5. The van der Waals surface area contributed by atoms with Crippen LogP contribution in [-0.2, 0) is 4.74 Å². The van der Waals surface area contributed by atoms with Crippen molar-refractivity contribution >= 4 is 11.9 Å². The van der Waals surface area contributed by atoms with Crippen molar-refractivity contribution in [3.05, 3.63) is 24.2 Å². The summed E-state index contributed by atoms with van der Waals surface area (Å²) in [6, 6.07) is 3.40. The third-order valence-electron chi connectivity index (χ3n) is 3.47. The van der Waals surface area contributed by atoms with Crippen LogP contribution in [0.5, 0.6) is 0 Å². The molecule has 0 aromatic carbocycles. The number of nitrogens with zero attached hydrogens (tertiary/aromatic N) is 1. The van der Waals surface area contributed by atoms with E-state index in [9.17, 15) is 9.59 Å². The van der Waals surface area contributed by atoms with Gasteiger partial charge in [-0.05, 0) is 45.7 Å². The second-order valence-corrected chi connectivity index (χ2v) is 6.50. The summed E-state index contributed by atoms with van der Waals surface area (Å²) >= 11 is 0. The minimum Gasteiger partial charge on any atom is -0.461 e. The molecule has 0 aliphatic carbocycles. The van der Waals surface area contributed by atoms with Crippen LogP contribution in [0, 0.1) is 0 Å². The number of ether oxygens (including phenoxy) is 1. The third-order valence-corrected chi connectivity index (χ3v) is 3.47. The van der Waals surface area contributed by atoms with Crippen LogP contribution in [0.1, 0.15) is 44.2 Å². The molecule has 0 bridgehead atoms. The van der Waals surface area contributed by atoms with Crippen molar-refractivity contribution in [2.75, 3.05) is 19.6 Å². The molecule has 1 atom stereocenters. The van der Waals surface area contributed by atoms with Crippen molar-refractivity contribution in [1.82, 2.24) is 10.2 Å². The summed E-state index contributed by atoms with van der Waals surface area (Å²) in [5.41, 5.74) is -0.493. The first-order valence-corrected chi connectivity index (χ1v) is 7.64. The van der Waals surface area contributed by atoms with Gasteiger partial charge in [-0.2, -0.15) is 0 Å². The highest BCUT2D eigenvalue weighted by molar-refractivity contribution is 5.94. The topological polar surface area (TPSA) is 71.8 Å². The molecule has 1 aromatic rings. The minimum atomic E-state index is -0.493. The molecule has 1 fully saturated rings. The van der Waals surface area contributed by atoms with Crippen LogP contribution in [0.15, 0.2) is 22.8 Å². The van der Waals surface area contributed by atoms with E-state index in [1.807, 2.05) is 20.8 Å². The predicted molar refractivity (Wildman–Crippen MR) is 81.9 cm³/mol. The summed E-state index contributed by atoms with van der Waals surface area (Å²) in [6.07, 6.45) is 3.07. The summed E-state index contributed by atoms with van der Waals surface area (Å²) in [5, 5.41) is 3.10. The maximum atomic E-state index is 12.1. The molecule has 122 valence electrons. The van der Waals surface area contributed by atoms with Gasteiger partial charge in [0.15, 0.2) is 5.76 Å². The average molecular weight is 308 g/mol. The molecule has 6 heteroatoms. The number of amides is 1. The van der Waals surface area contributed by atoms with Gasteiger partial charge in [-0.15, -0.1) is 0 Å². The van der Waals surface area contributed by atoms with Crippen molar-refractivity contribution in [1.29, 1.82) is 0 Å². The Labute approximate surface area is 130 Å². The summed E-state index contributed by atoms with van der Waals surface area (Å²) in [6.45, 7) is 7.05. The van der Waals surface area contributed by atoms with Gasteiger partial charge in [0, 0.05) is 19.1 Å². The molecule has 22 heavy (non-hydrogen) atoms. The van der Waals surface area contributed by atoms with Gasteiger partial charge in [0.05, 0.1) is 12.8 Å². The Morgan fingerprint density at radius 2 is 2.23 bits per heavy atom. The summed E-state index contributed by atoms with van der Waals surface area (Å²) in [7, 11) is 0. The maximum absolute atomic E-state index is 12.1. The quantitative estimate of drug-likeness (QED) is 0.846. The van der Waals surface area contributed by atoms with Crippen LogP contribution in [0.3, 0.4) is 0 Å². The summed E-state index contributed by atoms with van der Waals surface area (Å²) in [5.74, 6) is 0.259. The molecule has 0 radical (unpaired) electrons. The van der Waals surface area contributed by atoms with Gasteiger partial charge >= 0.3 is 6.09 Å². The van der Waals surface area contributed by atoms with Crippen LogP contribution >= 0.6 is 0 Å². The summed E-state index contributed by atoms with van der Waals surface area (Å²) in [4.78, 5) is 25.7. The number of ketones is 1. The van der Waals surface area contributed by atoms with Gasteiger partial charge in [0.2, 0.25) is 5.78 Å². The van der Waals surface area contributed by atoms with E-state index in [1.165, 1.54) is 6.26 Å². The molecule has 0 saturated carbocycles. The number of nitrogens with one attached hydrogen (secondary N) is 1. The summed E-state index contributed by atoms with van der Waals surface area (Å²) < 4.78 is 10.5. The lowest BCUT2D eigenvalue weighted by molar-refractivity contribution is 0.0227. The highest BCUT2D eigenvalue weighted by atomic mass is 16.6. The number of hydrogen-bond acceptors (Lipinski definition) is 5. The van der Waals surface area contributed by atoms with Crippen molar-refractivity contribution in [2.45, 2.75) is 45.3 Å². The van der Waals surface area contributed by atoms with Gasteiger partial charge < -0.3 is 19.4 Å². The first-order valence-electron chi connectivity index (χ1n) is 7.64. The Kier molecular flexibility index (Phi) is 5.24. The number of carbonyl (C=O) groups excluding carboxylic acids is 2. The molecule has 0 spiro atoms. The van der Waals surface area contributed by atoms with Crippen LogP contribution in [0.25, 0.3) is 0 Å². The maximum Gasteiger partial charge on any atom is 0.410 e. The number of carbonyl (C=O) groups is 2. The number of Topliss-reactive ketones (excluding diaryl/α,β-unsaturated/α-hetero) is 1. The van der Waals surface area contributed by atoms with Gasteiger partial charge in [-0.1, -0.05) is 0 Å². The van der Waals surface area contributed by atoms with Crippen molar-refractivity contribution < 1.29 is 18.7 Å². The van der Waals surface area contributed by atoms with E-state index in [-0.39, 0.29) is 24.5 Å². The minimum absolute atomic E-state index is 0.0688. The first-order chi connectivity index (χ1) is 10.4. The lowest BCUT2D eigenvalue weighted by Crippen LogP contribution is -2.44. The zero-order valence-corrected chi connectivity index (χ0v) is 13.4. The van der Waals surface area contributed by atoms with Crippen LogP contribution in [-0.4, -0.2) is 48.1 Å². The lowest BCUT2D eigenvalue weighted by Gasteiger charge is -2.28. The van der Waals surface area contributed by atoms with Gasteiger partial charge in [0.25, 0.3) is 0 Å². The number of hydrogen-bond donors (Lipinski definition) is 1. The monoisotopic (exact) mass is 308 g/mol. The smallest absolute Gasteiger partial charge is 0.410 e. The van der Waals surface area contributed by atoms with E-state index in [1.54, 1.807) is 17.0 Å². The molecule has 1 N–H and O–H groups in total. The molecular weight excluding hydrogens is 284 g/mol. The van der Waals surface area contributed by atoms with Gasteiger partial charge in [-0.3, -0.25) is 4.79 Å². The number of furan rings is 1. The van der Waals surface area contributed by atoms with E-state index in [0.29, 0.717) is 18.8 Å². The molecule has 0 unspecified atom stereocenters. The molecule has 2 rings (SSSR count). The largest absolute Gasteiger partial charge is 0.461 e. The standard InChI is InChI=1S/C16H24N2O4/c1-16(2,3)22-15(20)18-8-4-6-12(18)10-17-11-13(19)14-7-5-9-21-14/h5,7,9,12,17H,4,6,8,10-11H2,1-3H3/t12-/m0/s1.